The van der Waals surface area contributed by atoms with Crippen molar-refractivity contribution in [3.63, 3.8) is 0 Å². The largest absolute Gasteiger partial charge is 0.309 e. The van der Waals surface area contributed by atoms with E-state index in [1.807, 2.05) is 36.4 Å². The van der Waals surface area contributed by atoms with Crippen molar-refractivity contribution in [2.24, 2.45) is 0 Å². The van der Waals surface area contributed by atoms with Crippen molar-refractivity contribution in [3.8, 4) is 40.3 Å². The molecule has 0 radical (unpaired) electrons. The SMILES string of the molecule is N#Cc1cc(-c2ccccc2-n2c3ccccc3c3ccccc32)cc(-n2c3ccccc3c3ccc(-n4c5ccccc5c5cc(C#N)ccc54)cc32)c1. The molecule has 0 saturated heterocycles. The summed E-state index contributed by atoms with van der Waals surface area (Å²) in [6, 6.07) is 66.0. The van der Waals surface area contributed by atoms with Crippen LogP contribution in [-0.4, -0.2) is 13.7 Å². The molecule has 0 bridgehead atoms. The fourth-order valence-corrected chi connectivity index (χ4v) is 8.75. The molecular weight excluding hydrogens is 671 g/mol. The lowest BCUT2D eigenvalue weighted by molar-refractivity contribution is 1.15. The lowest BCUT2D eigenvalue weighted by Crippen LogP contribution is -2.00. The van der Waals surface area contributed by atoms with E-state index in [9.17, 15) is 10.5 Å². The summed E-state index contributed by atoms with van der Waals surface area (Å²) in [5.74, 6) is 0. The van der Waals surface area contributed by atoms with Crippen molar-refractivity contribution in [1.29, 1.82) is 10.5 Å². The molecule has 0 unspecified atom stereocenters. The highest BCUT2D eigenvalue weighted by molar-refractivity contribution is 6.13. The van der Waals surface area contributed by atoms with Crippen molar-refractivity contribution < 1.29 is 0 Å². The van der Waals surface area contributed by atoms with Crippen molar-refractivity contribution in [2.45, 2.75) is 0 Å². The van der Waals surface area contributed by atoms with Gasteiger partial charge in [-0.2, -0.15) is 10.5 Å². The summed E-state index contributed by atoms with van der Waals surface area (Å²) in [6.45, 7) is 0. The van der Waals surface area contributed by atoms with E-state index in [0.29, 0.717) is 11.1 Å². The summed E-state index contributed by atoms with van der Waals surface area (Å²) < 4.78 is 6.92. The molecule has 3 heterocycles. The Morgan fingerprint density at radius 2 is 0.836 bits per heavy atom. The van der Waals surface area contributed by atoms with E-state index < -0.39 is 0 Å². The Labute approximate surface area is 316 Å². The third-order valence-corrected chi connectivity index (χ3v) is 11.1. The van der Waals surface area contributed by atoms with Gasteiger partial charge in [0.1, 0.15) is 0 Å². The van der Waals surface area contributed by atoms with Gasteiger partial charge in [0.2, 0.25) is 0 Å². The van der Waals surface area contributed by atoms with Crippen LogP contribution in [-0.2, 0) is 0 Å². The molecule has 5 heteroatoms. The molecule has 8 aromatic carbocycles. The molecule has 11 rings (SSSR count). The van der Waals surface area contributed by atoms with Crippen LogP contribution in [0.2, 0.25) is 0 Å². The molecule has 0 aliphatic carbocycles. The molecule has 11 aromatic rings. The maximum absolute atomic E-state index is 10.5. The Kier molecular flexibility index (Phi) is 6.61. The molecule has 0 spiro atoms. The highest BCUT2D eigenvalue weighted by atomic mass is 15.0. The van der Waals surface area contributed by atoms with Gasteiger partial charge in [0, 0.05) is 49.3 Å². The third kappa shape index (κ3) is 4.51. The third-order valence-electron chi connectivity index (χ3n) is 11.1. The zero-order valence-corrected chi connectivity index (χ0v) is 29.5. The molecule has 0 aliphatic heterocycles. The van der Waals surface area contributed by atoms with Crippen LogP contribution >= 0.6 is 0 Å². The molecule has 3 aromatic heterocycles. The van der Waals surface area contributed by atoms with Crippen molar-refractivity contribution in [1.82, 2.24) is 13.7 Å². The molecule has 0 atom stereocenters. The second-order valence-corrected chi connectivity index (χ2v) is 14.0. The first-order valence-corrected chi connectivity index (χ1v) is 18.3. The number of benzene rings is 8. The number of hydrogen-bond donors (Lipinski definition) is 0. The Morgan fingerprint density at radius 1 is 0.327 bits per heavy atom. The first kappa shape index (κ1) is 30.7. The summed E-state index contributed by atoms with van der Waals surface area (Å²) in [5.41, 5.74) is 12.7. The van der Waals surface area contributed by atoms with E-state index in [2.05, 4.69) is 165 Å². The number of nitrogens with zero attached hydrogens (tertiary/aromatic N) is 5. The summed E-state index contributed by atoms with van der Waals surface area (Å²) in [7, 11) is 0. The quantitative estimate of drug-likeness (QED) is 0.184. The first-order valence-electron chi connectivity index (χ1n) is 18.3. The second-order valence-electron chi connectivity index (χ2n) is 14.0. The smallest absolute Gasteiger partial charge is 0.0992 e. The summed E-state index contributed by atoms with van der Waals surface area (Å²) in [4.78, 5) is 0. The Bertz CT molecular complexity index is 3420. The molecule has 0 saturated carbocycles. The maximum atomic E-state index is 10.5. The zero-order chi connectivity index (χ0) is 36.6. The normalized spacial score (nSPS) is 11.6. The topological polar surface area (TPSA) is 62.4 Å². The summed E-state index contributed by atoms with van der Waals surface area (Å²) in [5, 5.41) is 27.0. The minimum atomic E-state index is 0.585. The van der Waals surface area contributed by atoms with Crippen LogP contribution in [0.3, 0.4) is 0 Å². The molecule has 254 valence electrons. The fourth-order valence-electron chi connectivity index (χ4n) is 8.75. The number of hydrogen-bond acceptors (Lipinski definition) is 2. The van der Waals surface area contributed by atoms with Crippen molar-refractivity contribution in [3.05, 3.63) is 187 Å². The minimum Gasteiger partial charge on any atom is -0.309 e. The highest BCUT2D eigenvalue weighted by Gasteiger charge is 2.20. The van der Waals surface area contributed by atoms with Gasteiger partial charge < -0.3 is 13.7 Å². The van der Waals surface area contributed by atoms with Crippen LogP contribution in [0.1, 0.15) is 11.1 Å². The minimum absolute atomic E-state index is 0.585. The maximum Gasteiger partial charge on any atom is 0.0992 e. The van der Waals surface area contributed by atoms with Gasteiger partial charge in [0.25, 0.3) is 0 Å². The number of fused-ring (bicyclic) bond motifs is 9. The average molecular weight is 700 g/mol. The van der Waals surface area contributed by atoms with Gasteiger partial charge in [0.15, 0.2) is 0 Å². The van der Waals surface area contributed by atoms with E-state index in [1.54, 1.807) is 0 Å². The Morgan fingerprint density at radius 3 is 1.47 bits per heavy atom. The van der Waals surface area contributed by atoms with Crippen LogP contribution in [0.25, 0.3) is 93.6 Å². The van der Waals surface area contributed by atoms with Crippen LogP contribution in [0.4, 0.5) is 0 Å². The summed E-state index contributed by atoms with van der Waals surface area (Å²) in [6.07, 6.45) is 0. The molecule has 0 aliphatic rings. The van der Waals surface area contributed by atoms with Gasteiger partial charge in [-0.1, -0.05) is 97.1 Å². The Hall–Kier alpha value is -7.86. The van der Waals surface area contributed by atoms with Crippen LogP contribution in [0.5, 0.6) is 0 Å². The lowest BCUT2D eigenvalue weighted by Gasteiger charge is -2.16. The number of nitriles is 2. The molecule has 0 amide bonds. The standard InChI is InChI=1S/C50H29N5/c51-30-32-21-24-49-43(27-32)41-15-5-8-18-46(41)53(49)35-22-23-42-40-14-2-7-17-45(40)54(50(42)29-35)36-26-33(31-52)25-34(28-36)37-11-1-6-16-44(37)55-47-19-9-3-12-38(47)39-13-4-10-20-48(39)55/h1-29H. The van der Waals surface area contributed by atoms with Crippen molar-refractivity contribution in [2.75, 3.05) is 0 Å². The first-order chi connectivity index (χ1) is 27.2. The van der Waals surface area contributed by atoms with E-state index in [0.717, 1.165) is 82.8 Å². The van der Waals surface area contributed by atoms with E-state index in [1.165, 1.54) is 10.8 Å². The van der Waals surface area contributed by atoms with E-state index in [4.69, 9.17) is 0 Å². The number of para-hydroxylation sites is 5. The number of aromatic nitrogens is 3. The van der Waals surface area contributed by atoms with Gasteiger partial charge >= 0.3 is 0 Å². The molecule has 55 heavy (non-hydrogen) atoms. The van der Waals surface area contributed by atoms with Crippen molar-refractivity contribution >= 4 is 65.4 Å². The van der Waals surface area contributed by atoms with E-state index >= 15 is 0 Å². The molecular formula is C50H29N5. The van der Waals surface area contributed by atoms with E-state index in [-0.39, 0.29) is 0 Å². The van der Waals surface area contributed by atoms with Gasteiger partial charge in [0.05, 0.1) is 62.1 Å². The van der Waals surface area contributed by atoms with Gasteiger partial charge in [-0.3, -0.25) is 0 Å². The molecule has 0 fully saturated rings. The van der Waals surface area contributed by atoms with Crippen LogP contribution in [0.15, 0.2) is 176 Å². The van der Waals surface area contributed by atoms with Crippen LogP contribution in [0, 0.1) is 22.7 Å². The second kappa shape index (κ2) is 11.8. The molecule has 5 nitrogen and oxygen atoms in total. The van der Waals surface area contributed by atoms with Crippen LogP contribution < -0.4 is 0 Å². The zero-order valence-electron chi connectivity index (χ0n) is 29.5. The van der Waals surface area contributed by atoms with Gasteiger partial charge in [-0.05, 0) is 84.4 Å². The average Bonchev–Trinajstić information content (AvgIpc) is 3.88. The highest BCUT2D eigenvalue weighted by Crippen LogP contribution is 2.40. The summed E-state index contributed by atoms with van der Waals surface area (Å²) >= 11 is 0. The number of rotatable bonds is 4. The Balaban J connectivity index is 1.17. The predicted molar refractivity (Wildman–Crippen MR) is 224 cm³/mol. The molecule has 0 N–H and O–H groups in total. The predicted octanol–water partition coefficient (Wildman–Crippen LogP) is 12.4. The fraction of sp³-hybridized carbons (Fsp3) is 0. The lowest BCUT2D eigenvalue weighted by atomic mass is 10.00. The monoisotopic (exact) mass is 699 g/mol. The van der Waals surface area contributed by atoms with Gasteiger partial charge in [-0.15, -0.1) is 0 Å². The van der Waals surface area contributed by atoms with Gasteiger partial charge in [-0.25, -0.2) is 0 Å².